The van der Waals surface area contributed by atoms with Crippen LogP contribution in [0.4, 0.5) is 8.78 Å². The molecule has 2 aromatic rings. The molecular formula is C19H22F2N2O. The quantitative estimate of drug-likeness (QED) is 0.817. The topological polar surface area (TPSA) is 41.1 Å². The highest BCUT2D eigenvalue weighted by atomic mass is 19.1. The summed E-state index contributed by atoms with van der Waals surface area (Å²) in [5.41, 5.74) is 2.74. The van der Waals surface area contributed by atoms with Crippen molar-refractivity contribution in [1.29, 1.82) is 0 Å². The molecule has 0 spiro atoms. The number of carbonyl (C=O) groups excluding carboxylic acids is 1. The molecule has 2 N–H and O–H groups in total. The lowest BCUT2D eigenvalue weighted by atomic mass is 10.1. The third-order valence-corrected chi connectivity index (χ3v) is 3.98. The Balaban J connectivity index is 1.75. The number of rotatable bonds is 7. The molecule has 2 aromatic carbocycles. The maximum Gasteiger partial charge on any atom is 0.233 e. The first-order chi connectivity index (χ1) is 11.5. The number of halogens is 2. The molecule has 0 radical (unpaired) electrons. The van der Waals surface area contributed by atoms with E-state index in [0.29, 0.717) is 12.1 Å². The lowest BCUT2D eigenvalue weighted by Crippen LogP contribution is -2.36. The second kappa shape index (κ2) is 8.55. The van der Waals surface area contributed by atoms with E-state index >= 15 is 0 Å². The zero-order valence-corrected chi connectivity index (χ0v) is 13.9. The summed E-state index contributed by atoms with van der Waals surface area (Å²) in [4.78, 5) is 11.9. The molecule has 0 bridgehead atoms. The van der Waals surface area contributed by atoms with Crippen LogP contribution in [-0.4, -0.2) is 19.0 Å². The number of hydrogen-bond acceptors (Lipinski definition) is 2. The average molecular weight is 332 g/mol. The van der Waals surface area contributed by atoms with E-state index < -0.39 is 11.6 Å². The molecule has 24 heavy (non-hydrogen) atoms. The summed E-state index contributed by atoms with van der Waals surface area (Å²) >= 11 is 0. The van der Waals surface area contributed by atoms with Crippen LogP contribution in [0.3, 0.4) is 0 Å². The maximum atomic E-state index is 13.7. The van der Waals surface area contributed by atoms with Gasteiger partial charge in [-0.05, 0) is 37.5 Å². The van der Waals surface area contributed by atoms with Gasteiger partial charge in [0.25, 0.3) is 0 Å². The Morgan fingerprint density at radius 1 is 1.17 bits per heavy atom. The Kier molecular flexibility index (Phi) is 6.44. The summed E-state index contributed by atoms with van der Waals surface area (Å²) in [5, 5.41) is 5.78. The van der Waals surface area contributed by atoms with Crippen LogP contribution >= 0.6 is 0 Å². The van der Waals surface area contributed by atoms with E-state index in [-0.39, 0.29) is 18.5 Å². The number of hydrogen-bond donors (Lipinski definition) is 2. The third-order valence-electron chi connectivity index (χ3n) is 3.98. The van der Waals surface area contributed by atoms with Gasteiger partial charge in [0, 0.05) is 24.2 Å². The van der Waals surface area contributed by atoms with Gasteiger partial charge in [0.05, 0.1) is 6.54 Å². The molecule has 0 aromatic heterocycles. The summed E-state index contributed by atoms with van der Waals surface area (Å²) in [7, 11) is 0. The predicted molar refractivity (Wildman–Crippen MR) is 90.7 cm³/mol. The maximum absolute atomic E-state index is 13.7. The van der Waals surface area contributed by atoms with Crippen LogP contribution in [-0.2, 0) is 11.2 Å². The van der Waals surface area contributed by atoms with Crippen molar-refractivity contribution in [1.82, 2.24) is 10.6 Å². The van der Waals surface area contributed by atoms with Crippen LogP contribution < -0.4 is 10.6 Å². The molecule has 2 rings (SSSR count). The molecule has 0 saturated heterocycles. The van der Waals surface area contributed by atoms with Gasteiger partial charge in [-0.15, -0.1) is 0 Å². The predicted octanol–water partition coefficient (Wildman–Crippen LogP) is 3.28. The molecule has 0 aliphatic carbocycles. The Bertz CT molecular complexity index is 704. The van der Waals surface area contributed by atoms with Crippen molar-refractivity contribution >= 4 is 5.91 Å². The largest absolute Gasteiger partial charge is 0.355 e. The summed E-state index contributed by atoms with van der Waals surface area (Å²) < 4.78 is 26.6. The summed E-state index contributed by atoms with van der Waals surface area (Å²) in [6, 6.07) is 11.1. The fourth-order valence-corrected chi connectivity index (χ4v) is 2.50. The van der Waals surface area contributed by atoms with E-state index in [1.165, 1.54) is 23.3 Å². The van der Waals surface area contributed by atoms with Crippen LogP contribution in [0.1, 0.15) is 29.7 Å². The minimum Gasteiger partial charge on any atom is -0.355 e. The Morgan fingerprint density at radius 2 is 1.92 bits per heavy atom. The lowest BCUT2D eigenvalue weighted by Gasteiger charge is -2.15. The van der Waals surface area contributed by atoms with Crippen molar-refractivity contribution < 1.29 is 13.6 Å². The highest BCUT2D eigenvalue weighted by Crippen LogP contribution is 2.17. The van der Waals surface area contributed by atoms with Gasteiger partial charge in [0.15, 0.2) is 0 Å². The van der Waals surface area contributed by atoms with E-state index in [0.717, 1.165) is 12.5 Å². The molecule has 128 valence electrons. The number of amides is 1. The first-order valence-electron chi connectivity index (χ1n) is 7.97. The monoisotopic (exact) mass is 332 g/mol. The van der Waals surface area contributed by atoms with Crippen LogP contribution in [0.25, 0.3) is 0 Å². The van der Waals surface area contributed by atoms with Gasteiger partial charge in [-0.1, -0.05) is 30.3 Å². The molecule has 1 atom stereocenters. The highest BCUT2D eigenvalue weighted by Gasteiger charge is 2.12. The zero-order valence-electron chi connectivity index (χ0n) is 13.9. The fraction of sp³-hybridized carbons (Fsp3) is 0.316. The van der Waals surface area contributed by atoms with E-state index in [2.05, 4.69) is 10.6 Å². The molecule has 3 nitrogen and oxygen atoms in total. The SMILES string of the molecule is Cc1ccccc1CCNC(=O)CN[C@@H](C)c1ccc(F)cc1F. The van der Waals surface area contributed by atoms with E-state index in [9.17, 15) is 13.6 Å². The minimum atomic E-state index is -0.616. The highest BCUT2D eigenvalue weighted by molar-refractivity contribution is 5.78. The Morgan fingerprint density at radius 3 is 2.62 bits per heavy atom. The van der Waals surface area contributed by atoms with Gasteiger partial charge in [-0.25, -0.2) is 8.78 Å². The standard InChI is InChI=1S/C19H22F2N2O/c1-13-5-3-4-6-15(13)9-10-22-19(24)12-23-14(2)17-8-7-16(20)11-18(17)21/h3-8,11,14,23H,9-10,12H2,1-2H3,(H,22,24)/t14-/m0/s1. The van der Waals surface area contributed by atoms with Crippen molar-refractivity contribution in [3.05, 3.63) is 70.8 Å². The molecule has 1 amide bonds. The van der Waals surface area contributed by atoms with E-state index in [1.54, 1.807) is 6.92 Å². The van der Waals surface area contributed by atoms with E-state index in [1.807, 2.05) is 31.2 Å². The Labute approximate surface area is 141 Å². The minimum absolute atomic E-state index is 0.0752. The average Bonchev–Trinajstić information content (AvgIpc) is 2.54. The van der Waals surface area contributed by atoms with Crippen LogP contribution in [0, 0.1) is 18.6 Å². The van der Waals surface area contributed by atoms with E-state index in [4.69, 9.17) is 0 Å². The van der Waals surface area contributed by atoms with Crippen molar-refractivity contribution in [3.8, 4) is 0 Å². The number of aryl methyl sites for hydroxylation is 1. The van der Waals surface area contributed by atoms with Crippen molar-refractivity contribution in [2.45, 2.75) is 26.3 Å². The molecule has 0 aliphatic heterocycles. The molecule has 0 fully saturated rings. The summed E-state index contributed by atoms with van der Waals surface area (Å²) in [6.45, 7) is 4.39. The molecule has 0 unspecified atom stereocenters. The number of nitrogens with one attached hydrogen (secondary N) is 2. The molecule has 0 saturated carbocycles. The molecule has 5 heteroatoms. The smallest absolute Gasteiger partial charge is 0.233 e. The van der Waals surface area contributed by atoms with Gasteiger partial charge in [0.1, 0.15) is 11.6 Å². The van der Waals surface area contributed by atoms with Crippen molar-refractivity contribution in [3.63, 3.8) is 0 Å². The third kappa shape index (κ3) is 5.13. The first-order valence-corrected chi connectivity index (χ1v) is 7.97. The van der Waals surface area contributed by atoms with Gasteiger partial charge in [-0.2, -0.15) is 0 Å². The van der Waals surface area contributed by atoms with Gasteiger partial charge >= 0.3 is 0 Å². The normalized spacial score (nSPS) is 12.0. The van der Waals surface area contributed by atoms with Gasteiger partial charge in [-0.3, -0.25) is 4.79 Å². The lowest BCUT2D eigenvalue weighted by molar-refractivity contribution is -0.120. The fourth-order valence-electron chi connectivity index (χ4n) is 2.50. The second-order valence-corrected chi connectivity index (χ2v) is 5.79. The van der Waals surface area contributed by atoms with Crippen molar-refractivity contribution in [2.75, 3.05) is 13.1 Å². The summed E-state index contributed by atoms with van der Waals surface area (Å²) in [6.07, 6.45) is 0.764. The molecular weight excluding hydrogens is 310 g/mol. The zero-order chi connectivity index (χ0) is 17.5. The summed E-state index contributed by atoms with van der Waals surface area (Å²) in [5.74, 6) is -1.38. The Hall–Kier alpha value is -2.27. The first kappa shape index (κ1) is 18.1. The second-order valence-electron chi connectivity index (χ2n) is 5.79. The molecule has 0 heterocycles. The van der Waals surface area contributed by atoms with Gasteiger partial charge < -0.3 is 10.6 Å². The van der Waals surface area contributed by atoms with Crippen molar-refractivity contribution in [2.24, 2.45) is 0 Å². The number of carbonyl (C=O) groups is 1. The number of benzene rings is 2. The van der Waals surface area contributed by atoms with Crippen LogP contribution in [0.2, 0.25) is 0 Å². The molecule has 0 aliphatic rings. The van der Waals surface area contributed by atoms with Gasteiger partial charge in [0.2, 0.25) is 5.91 Å². The van der Waals surface area contributed by atoms with Crippen LogP contribution in [0.5, 0.6) is 0 Å². The van der Waals surface area contributed by atoms with Crippen LogP contribution in [0.15, 0.2) is 42.5 Å².